The third-order valence-electron chi connectivity index (χ3n) is 4.58. The quantitative estimate of drug-likeness (QED) is 0.632. The Bertz CT molecular complexity index is 771. The minimum Gasteiger partial charge on any atom is -0.307 e. The molecule has 24 heavy (non-hydrogen) atoms. The Kier molecular flexibility index (Phi) is 4.34. The van der Waals surface area contributed by atoms with E-state index in [1.54, 1.807) is 11.0 Å². The van der Waals surface area contributed by atoms with Crippen LogP contribution in [0.25, 0.3) is 0 Å². The van der Waals surface area contributed by atoms with Gasteiger partial charge in [0, 0.05) is 18.1 Å². The number of hydrogen-bond acceptors (Lipinski definition) is 3. The molecule has 1 heterocycles. The molecule has 3 rings (SSSR count). The van der Waals surface area contributed by atoms with Crippen LogP contribution in [0.4, 0.5) is 11.4 Å². The van der Waals surface area contributed by atoms with E-state index in [1.807, 2.05) is 44.2 Å². The summed E-state index contributed by atoms with van der Waals surface area (Å²) in [6.45, 7) is 4.51. The molecule has 1 aliphatic heterocycles. The molecule has 2 aromatic carbocycles. The summed E-state index contributed by atoms with van der Waals surface area (Å²) in [7, 11) is 0. The second-order valence-electron chi connectivity index (χ2n) is 6.53. The minimum absolute atomic E-state index is 0.0163. The van der Waals surface area contributed by atoms with Crippen LogP contribution in [-0.4, -0.2) is 10.8 Å². The number of rotatable bonds is 4. The van der Waals surface area contributed by atoms with E-state index in [-0.39, 0.29) is 23.4 Å². The number of benzene rings is 2. The van der Waals surface area contributed by atoms with E-state index >= 15 is 0 Å². The van der Waals surface area contributed by atoms with Crippen LogP contribution in [0, 0.1) is 22.0 Å². The molecule has 5 heteroatoms. The summed E-state index contributed by atoms with van der Waals surface area (Å²) in [5.41, 5.74) is 2.68. The lowest BCUT2D eigenvalue weighted by Gasteiger charge is -2.35. The third-order valence-corrected chi connectivity index (χ3v) is 4.58. The largest absolute Gasteiger partial charge is 0.307 e. The van der Waals surface area contributed by atoms with Crippen LogP contribution >= 0.6 is 0 Å². The van der Waals surface area contributed by atoms with Gasteiger partial charge in [-0.05, 0) is 23.5 Å². The second-order valence-corrected chi connectivity index (χ2v) is 6.53. The lowest BCUT2D eigenvalue weighted by molar-refractivity contribution is -0.384. The van der Waals surface area contributed by atoms with Crippen LogP contribution in [0.3, 0.4) is 0 Å². The predicted octanol–water partition coefficient (Wildman–Crippen LogP) is 3.96. The van der Waals surface area contributed by atoms with Gasteiger partial charge >= 0.3 is 0 Å². The van der Waals surface area contributed by atoms with Crippen molar-refractivity contribution in [2.75, 3.05) is 4.90 Å². The molecule has 0 bridgehead atoms. The van der Waals surface area contributed by atoms with Crippen LogP contribution in [0.1, 0.15) is 25.0 Å². The topological polar surface area (TPSA) is 63.5 Å². The van der Waals surface area contributed by atoms with Crippen molar-refractivity contribution in [2.45, 2.75) is 26.8 Å². The highest BCUT2D eigenvalue weighted by Gasteiger charge is 2.35. The SMILES string of the molecule is CC(C)C1Cc2ccc([N+](=O)[O-])cc2N(Cc2ccccc2)C1=O. The van der Waals surface area contributed by atoms with E-state index in [0.29, 0.717) is 18.7 Å². The van der Waals surface area contributed by atoms with Gasteiger partial charge in [-0.1, -0.05) is 50.2 Å². The normalized spacial score (nSPS) is 17.0. The van der Waals surface area contributed by atoms with Crippen LogP contribution < -0.4 is 4.90 Å². The van der Waals surface area contributed by atoms with Gasteiger partial charge in [-0.25, -0.2) is 0 Å². The van der Waals surface area contributed by atoms with Crippen molar-refractivity contribution in [1.82, 2.24) is 0 Å². The first kappa shape index (κ1) is 16.2. The van der Waals surface area contributed by atoms with E-state index in [9.17, 15) is 14.9 Å². The van der Waals surface area contributed by atoms with Gasteiger partial charge < -0.3 is 4.90 Å². The molecule has 1 amide bonds. The highest BCUT2D eigenvalue weighted by molar-refractivity contribution is 5.98. The number of nitrogens with zero attached hydrogens (tertiary/aromatic N) is 2. The van der Waals surface area contributed by atoms with E-state index in [2.05, 4.69) is 0 Å². The molecular weight excluding hydrogens is 304 g/mol. The first-order valence-electron chi connectivity index (χ1n) is 8.10. The van der Waals surface area contributed by atoms with Crippen molar-refractivity contribution in [3.8, 4) is 0 Å². The van der Waals surface area contributed by atoms with Crippen molar-refractivity contribution >= 4 is 17.3 Å². The zero-order valence-corrected chi connectivity index (χ0v) is 13.8. The van der Waals surface area contributed by atoms with E-state index in [1.165, 1.54) is 12.1 Å². The van der Waals surface area contributed by atoms with E-state index in [0.717, 1.165) is 11.1 Å². The fourth-order valence-electron chi connectivity index (χ4n) is 3.18. The zero-order chi connectivity index (χ0) is 17.3. The minimum atomic E-state index is -0.417. The van der Waals surface area contributed by atoms with Gasteiger partial charge in [0.1, 0.15) is 0 Å². The summed E-state index contributed by atoms with van der Waals surface area (Å²) < 4.78 is 0. The highest BCUT2D eigenvalue weighted by Crippen LogP contribution is 2.36. The molecule has 0 aromatic heterocycles. The van der Waals surface area contributed by atoms with Crippen LogP contribution in [-0.2, 0) is 17.8 Å². The molecule has 0 saturated carbocycles. The first-order chi connectivity index (χ1) is 11.5. The maximum Gasteiger partial charge on any atom is 0.271 e. The molecule has 1 unspecified atom stereocenters. The fourth-order valence-corrected chi connectivity index (χ4v) is 3.18. The Morgan fingerprint density at radius 1 is 1.21 bits per heavy atom. The van der Waals surface area contributed by atoms with Crippen LogP contribution in [0.15, 0.2) is 48.5 Å². The van der Waals surface area contributed by atoms with Gasteiger partial charge in [-0.15, -0.1) is 0 Å². The molecule has 0 saturated heterocycles. The number of anilines is 1. The molecule has 124 valence electrons. The highest BCUT2D eigenvalue weighted by atomic mass is 16.6. The molecule has 1 aliphatic rings. The van der Waals surface area contributed by atoms with Crippen molar-refractivity contribution in [2.24, 2.45) is 11.8 Å². The fraction of sp³-hybridized carbons (Fsp3) is 0.316. The molecule has 0 aliphatic carbocycles. The zero-order valence-electron chi connectivity index (χ0n) is 13.8. The Balaban J connectivity index is 2.05. The number of nitro groups is 1. The van der Waals surface area contributed by atoms with Crippen molar-refractivity contribution in [1.29, 1.82) is 0 Å². The van der Waals surface area contributed by atoms with Gasteiger partial charge in [0.05, 0.1) is 17.2 Å². The average Bonchev–Trinajstić information content (AvgIpc) is 2.57. The summed E-state index contributed by atoms with van der Waals surface area (Å²) in [5, 5.41) is 11.1. The number of nitro benzene ring substituents is 1. The summed E-state index contributed by atoms with van der Waals surface area (Å²) in [6.07, 6.45) is 0.634. The Morgan fingerprint density at radius 3 is 2.54 bits per heavy atom. The number of hydrogen-bond donors (Lipinski definition) is 0. The lowest BCUT2D eigenvalue weighted by atomic mass is 9.83. The maximum absolute atomic E-state index is 13.0. The monoisotopic (exact) mass is 324 g/mol. The molecule has 5 nitrogen and oxygen atoms in total. The number of amides is 1. The van der Waals surface area contributed by atoms with Gasteiger partial charge in [-0.2, -0.15) is 0 Å². The molecule has 0 spiro atoms. The average molecular weight is 324 g/mol. The predicted molar refractivity (Wildman–Crippen MR) is 92.8 cm³/mol. The standard InChI is InChI=1S/C19H20N2O3/c1-13(2)17-10-15-8-9-16(21(23)24)11-18(15)20(19(17)22)12-14-6-4-3-5-7-14/h3-9,11,13,17H,10,12H2,1-2H3. The summed E-state index contributed by atoms with van der Waals surface area (Å²) in [6, 6.07) is 14.5. The molecule has 0 fully saturated rings. The van der Waals surface area contributed by atoms with Crippen LogP contribution in [0.5, 0.6) is 0 Å². The first-order valence-corrected chi connectivity index (χ1v) is 8.10. The molecule has 0 radical (unpaired) electrons. The molecule has 1 atom stereocenters. The Labute approximate surface area is 141 Å². The number of carbonyl (C=O) groups is 1. The lowest BCUT2D eigenvalue weighted by Crippen LogP contribution is -2.42. The second kappa shape index (κ2) is 6.43. The summed E-state index contributed by atoms with van der Waals surface area (Å²) in [4.78, 5) is 25.4. The van der Waals surface area contributed by atoms with Gasteiger partial charge in [0.2, 0.25) is 5.91 Å². The molecule has 0 N–H and O–H groups in total. The molecular formula is C19H20N2O3. The van der Waals surface area contributed by atoms with E-state index in [4.69, 9.17) is 0 Å². The summed E-state index contributed by atoms with van der Waals surface area (Å²) >= 11 is 0. The van der Waals surface area contributed by atoms with Crippen LogP contribution in [0.2, 0.25) is 0 Å². The van der Waals surface area contributed by atoms with Gasteiger partial charge in [0.15, 0.2) is 0 Å². The smallest absolute Gasteiger partial charge is 0.271 e. The van der Waals surface area contributed by atoms with Crippen molar-refractivity contribution in [3.63, 3.8) is 0 Å². The number of carbonyl (C=O) groups excluding carboxylic acids is 1. The number of fused-ring (bicyclic) bond motifs is 1. The van der Waals surface area contributed by atoms with Gasteiger partial charge in [0.25, 0.3) is 5.69 Å². The number of non-ortho nitro benzene ring substituents is 1. The molecule has 2 aromatic rings. The maximum atomic E-state index is 13.0. The van der Waals surface area contributed by atoms with Gasteiger partial charge in [-0.3, -0.25) is 14.9 Å². The Hall–Kier alpha value is -2.69. The van der Waals surface area contributed by atoms with Crippen molar-refractivity contribution < 1.29 is 9.72 Å². The summed E-state index contributed by atoms with van der Waals surface area (Å²) in [5.74, 6) is 0.170. The van der Waals surface area contributed by atoms with Crippen molar-refractivity contribution in [3.05, 3.63) is 69.8 Å². The Morgan fingerprint density at radius 2 is 1.92 bits per heavy atom. The third kappa shape index (κ3) is 3.02. The van der Waals surface area contributed by atoms with E-state index < -0.39 is 4.92 Å².